The summed E-state index contributed by atoms with van der Waals surface area (Å²) in [5.41, 5.74) is 6.77. The minimum Gasteiger partial charge on any atom is -0.350 e. The monoisotopic (exact) mass is 317 g/mol. The maximum atomic E-state index is 4.52. The number of fused-ring (bicyclic) bond motifs is 2. The van der Waals surface area contributed by atoms with Gasteiger partial charge in [0.25, 0.3) is 0 Å². The summed E-state index contributed by atoms with van der Waals surface area (Å²) in [4.78, 5) is 9.17. The summed E-state index contributed by atoms with van der Waals surface area (Å²) >= 11 is 0. The second-order valence-corrected chi connectivity index (χ2v) is 6.87. The Labute approximate surface area is 143 Å². The molecule has 2 heterocycles. The first-order valence-electron chi connectivity index (χ1n) is 8.51. The van der Waals surface area contributed by atoms with E-state index in [1.54, 1.807) is 0 Å². The lowest BCUT2D eigenvalue weighted by Gasteiger charge is -2.28. The highest BCUT2D eigenvalue weighted by Crippen LogP contribution is 2.38. The molecule has 1 aromatic carbocycles. The molecule has 4 rings (SSSR count). The van der Waals surface area contributed by atoms with Crippen molar-refractivity contribution in [3.63, 3.8) is 0 Å². The summed E-state index contributed by atoms with van der Waals surface area (Å²) in [7, 11) is 2.11. The summed E-state index contributed by atoms with van der Waals surface area (Å²) in [5.74, 6) is 1.49. The molecule has 1 aliphatic heterocycles. The maximum absolute atomic E-state index is 4.52. The lowest BCUT2D eigenvalue weighted by atomic mass is 9.83. The molecule has 1 aromatic heterocycles. The fourth-order valence-electron chi connectivity index (χ4n) is 3.79. The van der Waals surface area contributed by atoms with Gasteiger partial charge in [0, 0.05) is 25.7 Å². The van der Waals surface area contributed by atoms with Crippen LogP contribution in [0.25, 0.3) is 5.57 Å². The van der Waals surface area contributed by atoms with Crippen molar-refractivity contribution < 1.29 is 0 Å². The SMILES string of the molecule is CC(C)=C1C=CC(CN2CN(C)c3ncccc32)c2ccccc21. The van der Waals surface area contributed by atoms with Crippen molar-refractivity contribution >= 4 is 17.1 Å². The summed E-state index contributed by atoms with van der Waals surface area (Å²) in [6.07, 6.45) is 6.53. The first-order chi connectivity index (χ1) is 11.6. The number of rotatable bonds is 2. The molecule has 0 saturated carbocycles. The quantitative estimate of drug-likeness (QED) is 0.816. The van der Waals surface area contributed by atoms with Crippen LogP contribution in [0.4, 0.5) is 11.5 Å². The van der Waals surface area contributed by atoms with Gasteiger partial charge in [0.15, 0.2) is 5.82 Å². The van der Waals surface area contributed by atoms with Crippen molar-refractivity contribution in [3.8, 4) is 0 Å². The molecule has 24 heavy (non-hydrogen) atoms. The number of hydrogen-bond acceptors (Lipinski definition) is 3. The fourth-order valence-corrected chi connectivity index (χ4v) is 3.79. The van der Waals surface area contributed by atoms with E-state index in [2.05, 4.69) is 78.2 Å². The van der Waals surface area contributed by atoms with Gasteiger partial charge in [-0.2, -0.15) is 0 Å². The van der Waals surface area contributed by atoms with Gasteiger partial charge in [-0.25, -0.2) is 4.98 Å². The molecule has 2 aromatic rings. The zero-order chi connectivity index (χ0) is 16.7. The smallest absolute Gasteiger partial charge is 0.153 e. The van der Waals surface area contributed by atoms with Gasteiger partial charge in [-0.1, -0.05) is 42.0 Å². The molecule has 0 bridgehead atoms. The number of allylic oxidation sites excluding steroid dienone is 3. The molecule has 3 heteroatoms. The molecule has 0 spiro atoms. The molecule has 0 amide bonds. The third-order valence-electron chi connectivity index (χ3n) is 4.95. The highest BCUT2D eigenvalue weighted by atomic mass is 15.4. The van der Waals surface area contributed by atoms with Gasteiger partial charge in [-0.3, -0.25) is 0 Å². The minimum absolute atomic E-state index is 0.406. The van der Waals surface area contributed by atoms with Crippen molar-refractivity contribution in [2.45, 2.75) is 19.8 Å². The van der Waals surface area contributed by atoms with Crippen LogP contribution >= 0.6 is 0 Å². The van der Waals surface area contributed by atoms with Crippen LogP contribution in [-0.4, -0.2) is 25.2 Å². The van der Waals surface area contributed by atoms with Crippen molar-refractivity contribution in [2.75, 3.05) is 30.1 Å². The summed E-state index contributed by atoms with van der Waals surface area (Å²) < 4.78 is 0. The number of benzene rings is 1. The predicted molar refractivity (Wildman–Crippen MR) is 101 cm³/mol. The second kappa shape index (κ2) is 5.82. The number of nitrogens with zero attached hydrogens (tertiary/aromatic N) is 3. The van der Waals surface area contributed by atoms with Gasteiger partial charge in [-0.15, -0.1) is 0 Å². The number of aromatic nitrogens is 1. The van der Waals surface area contributed by atoms with E-state index in [9.17, 15) is 0 Å². The Hall–Kier alpha value is -2.55. The molecule has 3 nitrogen and oxygen atoms in total. The lowest BCUT2D eigenvalue weighted by Crippen LogP contribution is -2.32. The summed E-state index contributed by atoms with van der Waals surface area (Å²) in [6, 6.07) is 13.0. The van der Waals surface area contributed by atoms with E-state index in [0.717, 1.165) is 19.0 Å². The van der Waals surface area contributed by atoms with Gasteiger partial charge in [0.05, 0.1) is 12.4 Å². The molecular weight excluding hydrogens is 294 g/mol. The van der Waals surface area contributed by atoms with Crippen molar-refractivity contribution in [3.05, 3.63) is 71.4 Å². The van der Waals surface area contributed by atoms with E-state index < -0.39 is 0 Å². The average Bonchev–Trinajstić information content (AvgIpc) is 2.91. The Kier molecular flexibility index (Phi) is 3.64. The summed E-state index contributed by atoms with van der Waals surface area (Å²) in [6.45, 7) is 6.25. The second-order valence-electron chi connectivity index (χ2n) is 6.87. The highest BCUT2D eigenvalue weighted by molar-refractivity contribution is 5.81. The molecule has 1 aliphatic carbocycles. The highest BCUT2D eigenvalue weighted by Gasteiger charge is 2.28. The van der Waals surface area contributed by atoms with Gasteiger partial charge < -0.3 is 9.80 Å². The van der Waals surface area contributed by atoms with E-state index in [-0.39, 0.29) is 0 Å². The van der Waals surface area contributed by atoms with Crippen LogP contribution in [0.1, 0.15) is 30.9 Å². The van der Waals surface area contributed by atoms with Crippen LogP contribution < -0.4 is 9.80 Å². The Balaban J connectivity index is 1.68. The molecule has 1 unspecified atom stereocenters. The van der Waals surface area contributed by atoms with E-state index in [1.807, 2.05) is 12.3 Å². The molecule has 0 fully saturated rings. The van der Waals surface area contributed by atoms with E-state index in [1.165, 1.54) is 28.0 Å². The van der Waals surface area contributed by atoms with E-state index >= 15 is 0 Å². The van der Waals surface area contributed by atoms with Crippen molar-refractivity contribution in [1.82, 2.24) is 4.98 Å². The lowest BCUT2D eigenvalue weighted by molar-refractivity contribution is 0.740. The van der Waals surface area contributed by atoms with E-state index in [0.29, 0.717) is 5.92 Å². The molecule has 0 saturated heterocycles. The Morgan fingerprint density at radius 2 is 2.00 bits per heavy atom. The predicted octanol–water partition coefficient (Wildman–Crippen LogP) is 4.44. The zero-order valence-corrected chi connectivity index (χ0v) is 14.5. The normalized spacial score (nSPS) is 18.6. The van der Waals surface area contributed by atoms with Gasteiger partial charge >= 0.3 is 0 Å². The zero-order valence-electron chi connectivity index (χ0n) is 14.5. The molecular formula is C21H23N3. The van der Waals surface area contributed by atoms with E-state index in [4.69, 9.17) is 0 Å². The molecule has 1 atom stereocenters. The number of anilines is 2. The third-order valence-corrected chi connectivity index (χ3v) is 4.95. The van der Waals surface area contributed by atoms with Crippen LogP contribution in [-0.2, 0) is 0 Å². The number of hydrogen-bond donors (Lipinski definition) is 0. The first-order valence-corrected chi connectivity index (χ1v) is 8.51. The van der Waals surface area contributed by atoms with Gasteiger partial charge in [-0.05, 0) is 42.7 Å². The number of pyridine rings is 1. The Morgan fingerprint density at radius 3 is 2.83 bits per heavy atom. The van der Waals surface area contributed by atoms with Crippen molar-refractivity contribution in [1.29, 1.82) is 0 Å². The summed E-state index contributed by atoms with van der Waals surface area (Å²) in [5, 5.41) is 0. The third kappa shape index (κ3) is 2.41. The molecule has 2 aliphatic rings. The Bertz CT molecular complexity index is 830. The van der Waals surface area contributed by atoms with Crippen LogP contribution in [0.15, 0.2) is 60.3 Å². The van der Waals surface area contributed by atoms with Gasteiger partial charge in [0.2, 0.25) is 0 Å². The molecule has 0 N–H and O–H groups in total. The molecule has 0 radical (unpaired) electrons. The van der Waals surface area contributed by atoms with Crippen LogP contribution in [0, 0.1) is 0 Å². The molecule has 122 valence electrons. The average molecular weight is 317 g/mol. The largest absolute Gasteiger partial charge is 0.350 e. The van der Waals surface area contributed by atoms with Crippen LogP contribution in [0.2, 0.25) is 0 Å². The fraction of sp³-hybridized carbons (Fsp3) is 0.286. The van der Waals surface area contributed by atoms with Crippen LogP contribution in [0.3, 0.4) is 0 Å². The topological polar surface area (TPSA) is 19.4 Å². The van der Waals surface area contributed by atoms with Crippen LogP contribution in [0.5, 0.6) is 0 Å². The van der Waals surface area contributed by atoms with Gasteiger partial charge in [0.1, 0.15) is 0 Å². The maximum Gasteiger partial charge on any atom is 0.153 e. The first kappa shape index (κ1) is 15.0. The minimum atomic E-state index is 0.406. The Morgan fingerprint density at radius 1 is 1.17 bits per heavy atom. The van der Waals surface area contributed by atoms with Crippen molar-refractivity contribution in [2.24, 2.45) is 0 Å². The standard InChI is InChI=1S/C21H23N3/c1-15(2)17-11-10-16(18-7-4-5-8-19(17)18)13-24-14-23(3)21-20(24)9-6-12-22-21/h4-12,16H,13-14H2,1-3H3.